The first-order chi connectivity index (χ1) is 8.84. The van der Waals surface area contributed by atoms with Crippen LogP contribution in [0.3, 0.4) is 0 Å². The fourth-order valence-electron chi connectivity index (χ4n) is 2.22. The molecule has 0 spiro atoms. The van der Waals surface area contributed by atoms with Crippen LogP contribution in [0.1, 0.15) is 11.3 Å². The molecule has 0 aliphatic carbocycles. The highest BCUT2D eigenvalue weighted by atomic mass is 14.9. The molecule has 1 nitrogen and oxygen atoms in total. The summed E-state index contributed by atoms with van der Waals surface area (Å²) in [5, 5.41) is 1.28. The predicted octanol–water partition coefficient (Wildman–Crippen LogP) is 4.35. The molecule has 1 aromatic heterocycles. The van der Waals surface area contributed by atoms with E-state index in [1.165, 1.54) is 22.2 Å². The average molecular weight is 233 g/mol. The summed E-state index contributed by atoms with van der Waals surface area (Å²) in [7, 11) is 2.10. The highest BCUT2D eigenvalue weighted by Gasteiger charge is 2.01. The van der Waals surface area contributed by atoms with Crippen LogP contribution in [0.15, 0.2) is 60.7 Å². The third-order valence-corrected chi connectivity index (χ3v) is 3.23. The van der Waals surface area contributed by atoms with Crippen molar-refractivity contribution in [2.24, 2.45) is 7.05 Å². The predicted molar refractivity (Wildman–Crippen MR) is 78.3 cm³/mol. The Morgan fingerprint density at radius 2 is 1.56 bits per heavy atom. The summed E-state index contributed by atoms with van der Waals surface area (Å²) >= 11 is 0. The van der Waals surface area contributed by atoms with Crippen molar-refractivity contribution in [2.75, 3.05) is 0 Å². The van der Waals surface area contributed by atoms with Gasteiger partial charge in [-0.3, -0.25) is 0 Å². The molecule has 0 aliphatic heterocycles. The van der Waals surface area contributed by atoms with Crippen molar-refractivity contribution >= 4 is 23.1 Å². The first-order valence-electron chi connectivity index (χ1n) is 6.12. The molecule has 0 radical (unpaired) electrons. The lowest BCUT2D eigenvalue weighted by atomic mass is 10.2. The lowest BCUT2D eigenvalue weighted by molar-refractivity contribution is 0.955. The first kappa shape index (κ1) is 10.8. The Bertz CT molecular complexity index is 690. The van der Waals surface area contributed by atoms with Gasteiger partial charge in [0.15, 0.2) is 0 Å². The minimum absolute atomic E-state index is 1.22. The maximum Gasteiger partial charge on any atom is 0.0482 e. The van der Waals surface area contributed by atoms with Gasteiger partial charge in [-0.25, -0.2) is 0 Å². The van der Waals surface area contributed by atoms with Crippen molar-refractivity contribution in [2.45, 2.75) is 0 Å². The summed E-state index contributed by atoms with van der Waals surface area (Å²) in [5.74, 6) is 0. The average Bonchev–Trinajstić information content (AvgIpc) is 2.75. The van der Waals surface area contributed by atoms with Crippen LogP contribution in [0.2, 0.25) is 0 Å². The Kier molecular flexibility index (Phi) is 2.73. The van der Waals surface area contributed by atoms with Crippen LogP contribution < -0.4 is 0 Å². The lowest BCUT2D eigenvalue weighted by Gasteiger charge is -1.99. The third kappa shape index (κ3) is 1.95. The fourth-order valence-corrected chi connectivity index (χ4v) is 2.22. The van der Waals surface area contributed by atoms with Gasteiger partial charge in [0.1, 0.15) is 0 Å². The van der Waals surface area contributed by atoms with Crippen LogP contribution in [0.25, 0.3) is 23.1 Å². The monoisotopic (exact) mass is 233 g/mol. The minimum atomic E-state index is 1.22. The van der Waals surface area contributed by atoms with Gasteiger partial charge < -0.3 is 4.57 Å². The summed E-state index contributed by atoms with van der Waals surface area (Å²) in [5.41, 5.74) is 3.72. The molecule has 1 heteroatoms. The van der Waals surface area contributed by atoms with Crippen LogP contribution in [-0.2, 0) is 7.05 Å². The summed E-state index contributed by atoms with van der Waals surface area (Å²) in [4.78, 5) is 0. The van der Waals surface area contributed by atoms with Gasteiger partial charge in [0.25, 0.3) is 0 Å². The molecule has 0 N–H and O–H groups in total. The second kappa shape index (κ2) is 4.53. The van der Waals surface area contributed by atoms with Gasteiger partial charge in [0.05, 0.1) is 0 Å². The molecule has 3 rings (SSSR count). The lowest BCUT2D eigenvalue weighted by Crippen LogP contribution is -1.89. The van der Waals surface area contributed by atoms with Gasteiger partial charge in [0, 0.05) is 23.6 Å². The molecular weight excluding hydrogens is 218 g/mol. The smallest absolute Gasteiger partial charge is 0.0482 e. The molecule has 0 aliphatic rings. The summed E-state index contributed by atoms with van der Waals surface area (Å²) in [6.07, 6.45) is 4.31. The van der Waals surface area contributed by atoms with E-state index in [4.69, 9.17) is 0 Å². The maximum absolute atomic E-state index is 2.22. The normalized spacial score (nSPS) is 11.4. The van der Waals surface area contributed by atoms with E-state index in [2.05, 4.69) is 78.4 Å². The standard InChI is InChI=1S/C17H15N/c1-18-16(12-11-14-7-3-2-4-8-14)13-15-9-5-6-10-17(15)18/h2-13H,1H3. The molecule has 1 heterocycles. The van der Waals surface area contributed by atoms with Gasteiger partial charge in [-0.05, 0) is 23.8 Å². The van der Waals surface area contributed by atoms with E-state index in [0.29, 0.717) is 0 Å². The number of hydrogen-bond acceptors (Lipinski definition) is 0. The Balaban J connectivity index is 2.00. The molecule has 0 saturated carbocycles. The van der Waals surface area contributed by atoms with E-state index in [9.17, 15) is 0 Å². The van der Waals surface area contributed by atoms with E-state index in [0.717, 1.165) is 0 Å². The topological polar surface area (TPSA) is 4.93 Å². The SMILES string of the molecule is Cn1c(C=Cc2ccccc2)cc2ccccc21. The first-order valence-corrected chi connectivity index (χ1v) is 6.12. The number of hydrogen-bond donors (Lipinski definition) is 0. The van der Waals surface area contributed by atoms with Crippen LogP contribution in [0.4, 0.5) is 0 Å². The highest BCUT2D eigenvalue weighted by molar-refractivity contribution is 5.85. The van der Waals surface area contributed by atoms with Gasteiger partial charge in [-0.2, -0.15) is 0 Å². The molecule has 0 unspecified atom stereocenters. The van der Waals surface area contributed by atoms with Crippen molar-refractivity contribution in [3.05, 3.63) is 71.9 Å². The van der Waals surface area contributed by atoms with E-state index in [1.54, 1.807) is 0 Å². The Morgan fingerprint density at radius 1 is 0.833 bits per heavy atom. The largest absolute Gasteiger partial charge is 0.344 e. The Labute approximate surface area is 107 Å². The summed E-state index contributed by atoms with van der Waals surface area (Å²) < 4.78 is 2.22. The molecular formula is C17H15N. The van der Waals surface area contributed by atoms with E-state index < -0.39 is 0 Å². The molecule has 0 saturated heterocycles. The number of fused-ring (bicyclic) bond motifs is 1. The van der Waals surface area contributed by atoms with Crippen molar-refractivity contribution in [1.82, 2.24) is 4.57 Å². The van der Waals surface area contributed by atoms with Crippen LogP contribution >= 0.6 is 0 Å². The number of aryl methyl sites for hydroxylation is 1. The van der Waals surface area contributed by atoms with Crippen LogP contribution in [0, 0.1) is 0 Å². The Morgan fingerprint density at radius 3 is 2.33 bits per heavy atom. The molecule has 2 aromatic carbocycles. The van der Waals surface area contributed by atoms with Gasteiger partial charge in [0.2, 0.25) is 0 Å². The zero-order chi connectivity index (χ0) is 12.4. The van der Waals surface area contributed by atoms with E-state index >= 15 is 0 Å². The Hall–Kier alpha value is -2.28. The molecule has 0 atom stereocenters. The van der Waals surface area contributed by atoms with E-state index in [-0.39, 0.29) is 0 Å². The molecule has 0 amide bonds. The van der Waals surface area contributed by atoms with Crippen molar-refractivity contribution in [1.29, 1.82) is 0 Å². The number of aromatic nitrogens is 1. The number of para-hydroxylation sites is 1. The van der Waals surface area contributed by atoms with Crippen LogP contribution in [-0.4, -0.2) is 4.57 Å². The van der Waals surface area contributed by atoms with E-state index in [1.807, 2.05) is 6.07 Å². The highest BCUT2D eigenvalue weighted by Crippen LogP contribution is 2.19. The summed E-state index contributed by atoms with van der Waals surface area (Å²) in [6, 6.07) is 21.0. The molecule has 0 fully saturated rings. The minimum Gasteiger partial charge on any atom is -0.344 e. The fraction of sp³-hybridized carbons (Fsp3) is 0.0588. The molecule has 88 valence electrons. The number of benzene rings is 2. The van der Waals surface area contributed by atoms with Gasteiger partial charge in [-0.1, -0.05) is 54.6 Å². The molecule has 0 bridgehead atoms. The number of nitrogens with zero attached hydrogens (tertiary/aromatic N) is 1. The number of rotatable bonds is 2. The van der Waals surface area contributed by atoms with Crippen molar-refractivity contribution in [3.8, 4) is 0 Å². The zero-order valence-electron chi connectivity index (χ0n) is 10.4. The third-order valence-electron chi connectivity index (χ3n) is 3.23. The van der Waals surface area contributed by atoms with Gasteiger partial charge >= 0.3 is 0 Å². The van der Waals surface area contributed by atoms with Gasteiger partial charge in [-0.15, -0.1) is 0 Å². The second-order valence-corrected chi connectivity index (χ2v) is 4.43. The van der Waals surface area contributed by atoms with Crippen molar-refractivity contribution < 1.29 is 0 Å². The summed E-state index contributed by atoms with van der Waals surface area (Å²) in [6.45, 7) is 0. The second-order valence-electron chi connectivity index (χ2n) is 4.43. The van der Waals surface area contributed by atoms with Crippen molar-refractivity contribution in [3.63, 3.8) is 0 Å². The quantitative estimate of drug-likeness (QED) is 0.620. The van der Waals surface area contributed by atoms with Crippen LogP contribution in [0.5, 0.6) is 0 Å². The maximum atomic E-state index is 2.22. The molecule has 18 heavy (non-hydrogen) atoms. The zero-order valence-corrected chi connectivity index (χ0v) is 10.4. The molecule has 3 aromatic rings.